The molecule has 7 heteroatoms. The first-order valence-electron chi connectivity index (χ1n) is 9.63. The number of nitrogens with one attached hydrogen (secondary N) is 1. The molecule has 6 nitrogen and oxygen atoms in total. The largest absolute Gasteiger partial charge is 0.374 e. The Morgan fingerprint density at radius 3 is 2.69 bits per heavy atom. The van der Waals surface area contributed by atoms with Crippen LogP contribution in [0.15, 0.2) is 59.1 Å². The van der Waals surface area contributed by atoms with Crippen LogP contribution in [0.3, 0.4) is 0 Å². The molecule has 0 saturated carbocycles. The Labute approximate surface area is 175 Å². The van der Waals surface area contributed by atoms with E-state index < -0.39 is 0 Å². The van der Waals surface area contributed by atoms with Crippen LogP contribution in [-0.2, 0) is 16.0 Å². The van der Waals surface area contributed by atoms with Gasteiger partial charge in [-0.05, 0) is 43.2 Å². The van der Waals surface area contributed by atoms with Gasteiger partial charge in [0.05, 0.1) is 6.10 Å². The third-order valence-electron chi connectivity index (χ3n) is 4.42. The first kappa shape index (κ1) is 21.0. The van der Waals surface area contributed by atoms with Crippen molar-refractivity contribution in [1.82, 2.24) is 15.5 Å². The molecule has 0 aliphatic carbocycles. The molecule has 3 rings (SSSR count). The third kappa shape index (κ3) is 6.69. The Morgan fingerprint density at radius 2 is 1.93 bits per heavy atom. The zero-order chi connectivity index (χ0) is 20.5. The molecule has 0 aliphatic rings. The van der Waals surface area contributed by atoms with Gasteiger partial charge in [-0.15, -0.1) is 0 Å². The summed E-state index contributed by atoms with van der Waals surface area (Å²) in [6, 6.07) is 17.3. The maximum atomic E-state index is 12.0. The van der Waals surface area contributed by atoms with Crippen molar-refractivity contribution in [3.8, 4) is 11.4 Å². The lowest BCUT2D eigenvalue weighted by molar-refractivity contribution is -0.121. The number of hydrogen-bond donors (Lipinski definition) is 1. The highest BCUT2D eigenvalue weighted by Crippen LogP contribution is 2.19. The molecule has 0 fully saturated rings. The van der Waals surface area contributed by atoms with Crippen LogP contribution in [0.5, 0.6) is 0 Å². The van der Waals surface area contributed by atoms with Crippen LogP contribution in [0.1, 0.15) is 37.3 Å². The van der Waals surface area contributed by atoms with E-state index in [-0.39, 0.29) is 12.0 Å². The lowest BCUT2D eigenvalue weighted by Crippen LogP contribution is -2.25. The summed E-state index contributed by atoms with van der Waals surface area (Å²) in [7, 11) is 0. The number of rotatable bonds is 10. The normalized spacial score (nSPS) is 11.9. The first-order chi connectivity index (χ1) is 14.1. The Hall–Kier alpha value is -2.70. The van der Waals surface area contributed by atoms with Gasteiger partial charge in [-0.2, -0.15) is 4.98 Å². The van der Waals surface area contributed by atoms with Gasteiger partial charge >= 0.3 is 0 Å². The number of halogens is 1. The van der Waals surface area contributed by atoms with Crippen molar-refractivity contribution >= 4 is 17.5 Å². The molecule has 1 atom stereocenters. The van der Waals surface area contributed by atoms with Gasteiger partial charge in [-0.3, -0.25) is 4.79 Å². The van der Waals surface area contributed by atoms with Gasteiger partial charge in [0.1, 0.15) is 0 Å². The van der Waals surface area contributed by atoms with Gasteiger partial charge in [0.2, 0.25) is 17.6 Å². The lowest BCUT2D eigenvalue weighted by atomic mass is 10.1. The number of carbonyl (C=O) groups is 1. The van der Waals surface area contributed by atoms with Crippen molar-refractivity contribution in [3.63, 3.8) is 0 Å². The molecule has 0 radical (unpaired) electrons. The fourth-order valence-corrected chi connectivity index (χ4v) is 2.89. The summed E-state index contributed by atoms with van der Waals surface area (Å²) in [5, 5.41) is 7.48. The molecule has 0 saturated heterocycles. The van der Waals surface area contributed by atoms with E-state index in [9.17, 15) is 4.79 Å². The molecule has 0 bridgehead atoms. The number of amides is 1. The second kappa shape index (κ2) is 10.7. The van der Waals surface area contributed by atoms with E-state index >= 15 is 0 Å². The van der Waals surface area contributed by atoms with Crippen molar-refractivity contribution < 1.29 is 14.1 Å². The standard InChI is InChI=1S/C22H24ClN3O3/c1-16(17-6-3-2-4-7-17)28-15-5-14-24-20(27)12-13-21-25-22(26-29-21)18-8-10-19(23)11-9-18/h2-4,6-11,16H,5,12-15H2,1H3,(H,24,27). The second-order valence-electron chi connectivity index (χ2n) is 6.65. The smallest absolute Gasteiger partial charge is 0.227 e. The molecule has 0 spiro atoms. The molecule has 1 unspecified atom stereocenters. The van der Waals surface area contributed by atoms with E-state index in [1.165, 1.54) is 0 Å². The summed E-state index contributed by atoms with van der Waals surface area (Å²) >= 11 is 5.88. The maximum Gasteiger partial charge on any atom is 0.227 e. The molecule has 3 aromatic rings. The van der Waals surface area contributed by atoms with Crippen LogP contribution in [0.4, 0.5) is 0 Å². The van der Waals surface area contributed by atoms with Crippen LogP contribution in [0.2, 0.25) is 5.02 Å². The van der Waals surface area contributed by atoms with Gasteiger partial charge in [-0.1, -0.05) is 47.1 Å². The van der Waals surface area contributed by atoms with E-state index in [0.29, 0.717) is 42.7 Å². The van der Waals surface area contributed by atoms with E-state index in [0.717, 1.165) is 17.5 Å². The van der Waals surface area contributed by atoms with Crippen LogP contribution in [0, 0.1) is 0 Å². The molecule has 29 heavy (non-hydrogen) atoms. The van der Waals surface area contributed by atoms with Gasteiger partial charge in [0.15, 0.2) is 0 Å². The summed E-state index contributed by atoms with van der Waals surface area (Å²) in [5.74, 6) is 0.874. The highest BCUT2D eigenvalue weighted by Gasteiger charge is 2.11. The fraction of sp³-hybridized carbons (Fsp3) is 0.318. The van der Waals surface area contributed by atoms with E-state index in [1.807, 2.05) is 49.4 Å². The van der Waals surface area contributed by atoms with E-state index in [2.05, 4.69) is 15.5 Å². The predicted molar refractivity (Wildman–Crippen MR) is 112 cm³/mol. The molecule has 1 heterocycles. The summed E-state index contributed by atoms with van der Waals surface area (Å²) in [5.41, 5.74) is 1.97. The maximum absolute atomic E-state index is 12.0. The van der Waals surface area contributed by atoms with Crippen LogP contribution < -0.4 is 5.32 Å². The van der Waals surface area contributed by atoms with Gasteiger partial charge < -0.3 is 14.6 Å². The van der Waals surface area contributed by atoms with Crippen molar-refractivity contribution in [1.29, 1.82) is 0 Å². The number of carbonyl (C=O) groups excluding carboxylic acids is 1. The zero-order valence-corrected chi connectivity index (χ0v) is 17.1. The summed E-state index contributed by atoms with van der Waals surface area (Å²) in [6.07, 6.45) is 1.49. The van der Waals surface area contributed by atoms with Gasteiger partial charge in [0.25, 0.3) is 0 Å². The van der Waals surface area contributed by atoms with Crippen LogP contribution in [-0.4, -0.2) is 29.2 Å². The third-order valence-corrected chi connectivity index (χ3v) is 4.67. The molecular weight excluding hydrogens is 390 g/mol. The second-order valence-corrected chi connectivity index (χ2v) is 7.08. The number of aromatic nitrogens is 2. The number of nitrogens with zero attached hydrogens (tertiary/aromatic N) is 2. The molecule has 1 amide bonds. The molecule has 0 aliphatic heterocycles. The molecule has 2 aromatic carbocycles. The molecule has 1 N–H and O–H groups in total. The minimum Gasteiger partial charge on any atom is -0.374 e. The molecule has 1 aromatic heterocycles. The number of hydrogen-bond acceptors (Lipinski definition) is 5. The summed E-state index contributed by atoms with van der Waals surface area (Å²) < 4.78 is 11.0. The van der Waals surface area contributed by atoms with Crippen LogP contribution in [0.25, 0.3) is 11.4 Å². The lowest BCUT2D eigenvalue weighted by Gasteiger charge is -2.13. The minimum absolute atomic E-state index is 0.0410. The predicted octanol–water partition coefficient (Wildman–Crippen LogP) is 4.61. The van der Waals surface area contributed by atoms with Crippen molar-refractivity contribution in [2.75, 3.05) is 13.2 Å². The van der Waals surface area contributed by atoms with Crippen LogP contribution >= 0.6 is 11.6 Å². The minimum atomic E-state index is -0.0487. The van der Waals surface area contributed by atoms with E-state index in [4.69, 9.17) is 20.9 Å². The zero-order valence-electron chi connectivity index (χ0n) is 16.3. The Balaban J connectivity index is 1.32. The van der Waals surface area contributed by atoms with Crippen molar-refractivity contribution in [2.24, 2.45) is 0 Å². The first-order valence-corrected chi connectivity index (χ1v) is 10.0. The Bertz CT molecular complexity index is 897. The monoisotopic (exact) mass is 413 g/mol. The molecule has 152 valence electrons. The van der Waals surface area contributed by atoms with Crippen molar-refractivity contribution in [2.45, 2.75) is 32.3 Å². The summed E-state index contributed by atoms with van der Waals surface area (Å²) in [4.78, 5) is 16.3. The SMILES string of the molecule is CC(OCCCNC(=O)CCc1nc(-c2ccc(Cl)cc2)no1)c1ccccc1. The molecular formula is C22H24ClN3O3. The van der Waals surface area contributed by atoms with Gasteiger partial charge in [-0.25, -0.2) is 0 Å². The summed E-state index contributed by atoms with van der Waals surface area (Å²) in [6.45, 7) is 3.18. The topological polar surface area (TPSA) is 77.2 Å². The Kier molecular flexibility index (Phi) is 7.78. The number of ether oxygens (including phenoxy) is 1. The van der Waals surface area contributed by atoms with Crippen molar-refractivity contribution in [3.05, 3.63) is 71.1 Å². The Morgan fingerprint density at radius 1 is 1.17 bits per heavy atom. The average Bonchev–Trinajstić information content (AvgIpc) is 3.22. The number of benzene rings is 2. The highest BCUT2D eigenvalue weighted by atomic mass is 35.5. The highest BCUT2D eigenvalue weighted by molar-refractivity contribution is 6.30. The number of aryl methyl sites for hydroxylation is 1. The van der Waals surface area contributed by atoms with Gasteiger partial charge in [0, 0.05) is 36.6 Å². The van der Waals surface area contributed by atoms with E-state index in [1.54, 1.807) is 12.1 Å². The quantitative estimate of drug-likeness (QED) is 0.491. The average molecular weight is 414 g/mol. The fourth-order valence-electron chi connectivity index (χ4n) is 2.76.